The highest BCUT2D eigenvalue weighted by molar-refractivity contribution is 7.10. The summed E-state index contributed by atoms with van der Waals surface area (Å²) >= 11 is 1.75. The number of piperidine rings is 1. The van der Waals surface area contributed by atoms with Crippen LogP contribution in [0, 0.1) is 5.92 Å². The fraction of sp³-hybridized carbons (Fsp3) is 0.714. The number of thiophene rings is 1. The van der Waals surface area contributed by atoms with Gasteiger partial charge in [-0.1, -0.05) is 19.3 Å². The number of nitrogens with one attached hydrogen (secondary N) is 1. The lowest BCUT2D eigenvalue weighted by Gasteiger charge is -2.33. The maximum atomic E-state index is 13.1. The number of rotatable bonds is 3. The Bertz CT molecular complexity index is 663. The second kappa shape index (κ2) is 8.12. The van der Waals surface area contributed by atoms with Crippen molar-refractivity contribution < 1.29 is 9.59 Å². The molecule has 2 aliphatic carbocycles. The van der Waals surface area contributed by atoms with Crippen LogP contribution >= 0.6 is 11.3 Å². The van der Waals surface area contributed by atoms with E-state index in [0.29, 0.717) is 12.6 Å². The molecular formula is C21H30N2O2S. The molecule has 142 valence electrons. The molecule has 2 amide bonds. The number of carbonyl (C=O) groups excluding carboxylic acids is 2. The number of aryl methyl sites for hydroxylation is 1. The molecule has 0 bridgehead atoms. The lowest BCUT2D eigenvalue weighted by atomic mass is 9.92. The Morgan fingerprint density at radius 2 is 1.81 bits per heavy atom. The van der Waals surface area contributed by atoms with Gasteiger partial charge in [0.2, 0.25) is 5.91 Å². The van der Waals surface area contributed by atoms with Gasteiger partial charge in [0.15, 0.2) is 0 Å². The highest BCUT2D eigenvalue weighted by Gasteiger charge is 2.32. The summed E-state index contributed by atoms with van der Waals surface area (Å²) in [4.78, 5) is 29.1. The van der Waals surface area contributed by atoms with E-state index in [2.05, 4.69) is 10.7 Å². The van der Waals surface area contributed by atoms with Crippen molar-refractivity contribution in [2.75, 3.05) is 13.1 Å². The molecule has 1 unspecified atom stereocenters. The maximum absolute atomic E-state index is 13.1. The van der Waals surface area contributed by atoms with Gasteiger partial charge in [0.05, 0.1) is 11.5 Å². The van der Waals surface area contributed by atoms with Crippen LogP contribution in [0.3, 0.4) is 0 Å². The maximum Gasteiger partial charge on any atom is 0.255 e. The first-order valence-electron chi connectivity index (χ1n) is 10.4. The standard InChI is InChI=1S/C21H30N2O2S/c24-20(22-16-8-2-1-3-9-16)15-7-6-12-23(13-15)21(25)18-14-26-19-11-5-4-10-17(18)19/h14-16H,1-13H2,(H,22,24). The van der Waals surface area contributed by atoms with Crippen LogP contribution in [0.4, 0.5) is 0 Å². The molecule has 0 radical (unpaired) electrons. The van der Waals surface area contributed by atoms with Crippen LogP contribution in [0.25, 0.3) is 0 Å². The van der Waals surface area contributed by atoms with E-state index in [9.17, 15) is 9.59 Å². The van der Waals surface area contributed by atoms with Crippen molar-refractivity contribution in [1.29, 1.82) is 0 Å². The van der Waals surface area contributed by atoms with Gasteiger partial charge < -0.3 is 10.2 Å². The average molecular weight is 375 g/mol. The number of hydrogen-bond acceptors (Lipinski definition) is 3. The Balaban J connectivity index is 1.39. The summed E-state index contributed by atoms with van der Waals surface area (Å²) in [7, 11) is 0. The summed E-state index contributed by atoms with van der Waals surface area (Å²) in [5, 5.41) is 5.32. The minimum Gasteiger partial charge on any atom is -0.353 e. The zero-order chi connectivity index (χ0) is 17.9. The molecule has 2 fully saturated rings. The van der Waals surface area contributed by atoms with Crippen LogP contribution in [-0.4, -0.2) is 35.8 Å². The van der Waals surface area contributed by atoms with Gasteiger partial charge in [0.1, 0.15) is 0 Å². The Kier molecular flexibility index (Phi) is 5.63. The van der Waals surface area contributed by atoms with Crippen molar-refractivity contribution in [3.63, 3.8) is 0 Å². The Hall–Kier alpha value is -1.36. The largest absolute Gasteiger partial charge is 0.353 e. The molecule has 0 spiro atoms. The number of carbonyl (C=O) groups is 2. The number of amides is 2. The van der Waals surface area contributed by atoms with E-state index in [0.717, 1.165) is 50.6 Å². The molecule has 4 rings (SSSR count). The fourth-order valence-corrected chi connectivity index (χ4v) is 5.90. The Morgan fingerprint density at radius 3 is 2.65 bits per heavy atom. The smallest absolute Gasteiger partial charge is 0.255 e. The number of likely N-dealkylation sites (tertiary alicyclic amines) is 1. The lowest BCUT2D eigenvalue weighted by Crippen LogP contribution is -2.48. The third kappa shape index (κ3) is 3.83. The molecule has 1 N–H and O–H groups in total. The normalized spacial score (nSPS) is 24.2. The second-order valence-electron chi connectivity index (χ2n) is 8.19. The van der Waals surface area contributed by atoms with Gasteiger partial charge in [-0.15, -0.1) is 11.3 Å². The molecule has 1 aromatic heterocycles. The molecule has 5 heteroatoms. The van der Waals surface area contributed by atoms with Crippen molar-refractivity contribution in [3.8, 4) is 0 Å². The minimum atomic E-state index is -0.0379. The lowest BCUT2D eigenvalue weighted by molar-refractivity contribution is -0.127. The van der Waals surface area contributed by atoms with E-state index in [4.69, 9.17) is 0 Å². The highest BCUT2D eigenvalue weighted by atomic mass is 32.1. The van der Waals surface area contributed by atoms with Crippen molar-refractivity contribution in [2.24, 2.45) is 5.92 Å². The van der Waals surface area contributed by atoms with Gasteiger partial charge in [0.25, 0.3) is 5.91 Å². The zero-order valence-corrected chi connectivity index (χ0v) is 16.4. The predicted molar refractivity (Wildman–Crippen MR) is 105 cm³/mol. The van der Waals surface area contributed by atoms with Gasteiger partial charge in [0, 0.05) is 29.4 Å². The van der Waals surface area contributed by atoms with Crippen molar-refractivity contribution in [2.45, 2.75) is 76.7 Å². The second-order valence-corrected chi connectivity index (χ2v) is 9.16. The van der Waals surface area contributed by atoms with Crippen LogP contribution < -0.4 is 5.32 Å². The SMILES string of the molecule is O=C(NC1CCCCC1)C1CCCN(C(=O)c2csc3c2CCCC3)C1. The summed E-state index contributed by atoms with van der Waals surface area (Å²) < 4.78 is 0. The van der Waals surface area contributed by atoms with Crippen LogP contribution in [0.5, 0.6) is 0 Å². The van der Waals surface area contributed by atoms with Gasteiger partial charge in [-0.2, -0.15) is 0 Å². The van der Waals surface area contributed by atoms with Crippen molar-refractivity contribution in [3.05, 3.63) is 21.4 Å². The molecular weight excluding hydrogens is 344 g/mol. The molecule has 1 aromatic rings. The van der Waals surface area contributed by atoms with Crippen molar-refractivity contribution in [1.82, 2.24) is 10.2 Å². The quantitative estimate of drug-likeness (QED) is 0.871. The van der Waals surface area contributed by atoms with E-state index in [1.165, 1.54) is 42.5 Å². The first kappa shape index (κ1) is 18.0. The fourth-order valence-electron chi connectivity index (χ4n) is 4.79. The summed E-state index contributed by atoms with van der Waals surface area (Å²) in [5.41, 5.74) is 2.21. The number of fused-ring (bicyclic) bond motifs is 1. The third-order valence-electron chi connectivity index (χ3n) is 6.32. The Labute approximate surface area is 160 Å². The summed E-state index contributed by atoms with van der Waals surface area (Å²) in [5.74, 6) is 0.283. The van der Waals surface area contributed by atoms with Gasteiger partial charge in [-0.25, -0.2) is 0 Å². The molecule has 1 atom stereocenters. The molecule has 26 heavy (non-hydrogen) atoms. The topological polar surface area (TPSA) is 49.4 Å². The molecule has 1 saturated carbocycles. The number of hydrogen-bond donors (Lipinski definition) is 1. The van der Waals surface area contributed by atoms with Gasteiger partial charge in [-0.05, 0) is 56.9 Å². The van der Waals surface area contributed by atoms with Crippen LogP contribution in [0.2, 0.25) is 0 Å². The van der Waals surface area contributed by atoms with Crippen LogP contribution in [0.15, 0.2) is 5.38 Å². The van der Waals surface area contributed by atoms with Crippen molar-refractivity contribution >= 4 is 23.2 Å². The molecule has 1 saturated heterocycles. The van der Waals surface area contributed by atoms with Crippen LogP contribution in [-0.2, 0) is 17.6 Å². The zero-order valence-electron chi connectivity index (χ0n) is 15.6. The van der Waals surface area contributed by atoms with Crippen LogP contribution in [0.1, 0.15) is 78.6 Å². The highest BCUT2D eigenvalue weighted by Crippen LogP contribution is 2.32. The summed E-state index contributed by atoms with van der Waals surface area (Å²) in [6, 6.07) is 0.353. The van der Waals surface area contributed by atoms with E-state index >= 15 is 0 Å². The molecule has 1 aliphatic heterocycles. The third-order valence-corrected chi connectivity index (χ3v) is 7.41. The first-order valence-corrected chi connectivity index (χ1v) is 11.3. The monoisotopic (exact) mass is 374 g/mol. The van der Waals surface area contributed by atoms with Gasteiger partial charge in [-0.3, -0.25) is 9.59 Å². The molecule has 2 heterocycles. The van der Waals surface area contributed by atoms with E-state index in [1.807, 2.05) is 4.90 Å². The summed E-state index contributed by atoms with van der Waals surface area (Å²) in [6.07, 6.45) is 12.4. The van der Waals surface area contributed by atoms with Gasteiger partial charge >= 0.3 is 0 Å². The van der Waals surface area contributed by atoms with E-state index in [-0.39, 0.29) is 17.7 Å². The van der Waals surface area contributed by atoms with E-state index in [1.54, 1.807) is 11.3 Å². The molecule has 0 aromatic carbocycles. The average Bonchev–Trinajstić information content (AvgIpc) is 3.12. The predicted octanol–water partition coefficient (Wildman–Crippen LogP) is 3.93. The summed E-state index contributed by atoms with van der Waals surface area (Å²) in [6.45, 7) is 1.37. The minimum absolute atomic E-state index is 0.0379. The van der Waals surface area contributed by atoms with E-state index < -0.39 is 0 Å². The molecule has 3 aliphatic rings. The Morgan fingerprint density at radius 1 is 1.00 bits per heavy atom. The first-order chi connectivity index (χ1) is 12.7. The molecule has 4 nitrogen and oxygen atoms in total. The number of nitrogens with zero attached hydrogens (tertiary/aromatic N) is 1.